The van der Waals surface area contributed by atoms with Crippen LogP contribution in [0.3, 0.4) is 0 Å². The average Bonchev–Trinajstić information content (AvgIpc) is 2.64. The first-order valence-corrected chi connectivity index (χ1v) is 6.38. The molecule has 0 aliphatic heterocycles. The molecule has 2 aromatic rings. The van der Waals surface area contributed by atoms with Crippen LogP contribution in [-0.2, 0) is 6.42 Å². The van der Waals surface area contributed by atoms with E-state index in [4.69, 9.17) is 21.9 Å². The molecule has 0 saturated heterocycles. The maximum absolute atomic E-state index is 6.14. The highest BCUT2D eigenvalue weighted by Crippen LogP contribution is 2.34. The van der Waals surface area contributed by atoms with Gasteiger partial charge in [0.2, 0.25) is 0 Å². The van der Waals surface area contributed by atoms with E-state index in [-0.39, 0.29) is 0 Å². The standard InChI is InChI=1S/C14H17ClN2O/c1-8(2)7-11-13(18-17-14(11)16)10-5-4-6-12(15)9(10)3/h4-6,8H,7H2,1-3H3,(H2,16,17). The van der Waals surface area contributed by atoms with Crippen LogP contribution in [0, 0.1) is 12.8 Å². The number of anilines is 1. The molecule has 0 amide bonds. The second-order valence-electron chi connectivity index (χ2n) is 4.89. The van der Waals surface area contributed by atoms with Crippen LogP contribution in [0.4, 0.5) is 5.82 Å². The molecule has 3 nitrogen and oxygen atoms in total. The molecule has 18 heavy (non-hydrogen) atoms. The molecule has 1 aromatic heterocycles. The summed E-state index contributed by atoms with van der Waals surface area (Å²) in [4.78, 5) is 0. The van der Waals surface area contributed by atoms with Crippen molar-refractivity contribution in [1.82, 2.24) is 5.16 Å². The van der Waals surface area contributed by atoms with E-state index in [1.807, 2.05) is 25.1 Å². The van der Waals surface area contributed by atoms with Gasteiger partial charge < -0.3 is 10.3 Å². The summed E-state index contributed by atoms with van der Waals surface area (Å²) in [6, 6.07) is 5.75. The van der Waals surface area contributed by atoms with E-state index in [2.05, 4.69) is 19.0 Å². The Hall–Kier alpha value is -1.48. The second kappa shape index (κ2) is 5.02. The normalized spacial score (nSPS) is 11.2. The summed E-state index contributed by atoms with van der Waals surface area (Å²) in [7, 11) is 0. The van der Waals surface area contributed by atoms with Crippen LogP contribution in [0.1, 0.15) is 25.0 Å². The molecule has 0 radical (unpaired) electrons. The van der Waals surface area contributed by atoms with Crippen molar-refractivity contribution < 1.29 is 4.52 Å². The molecule has 0 fully saturated rings. The Morgan fingerprint density at radius 3 is 2.78 bits per heavy atom. The second-order valence-corrected chi connectivity index (χ2v) is 5.29. The van der Waals surface area contributed by atoms with Crippen LogP contribution in [0.2, 0.25) is 5.02 Å². The number of halogens is 1. The van der Waals surface area contributed by atoms with Crippen LogP contribution in [0.5, 0.6) is 0 Å². The molecule has 0 aliphatic rings. The van der Waals surface area contributed by atoms with Gasteiger partial charge in [0.05, 0.1) is 0 Å². The molecule has 1 aromatic carbocycles. The van der Waals surface area contributed by atoms with Crippen molar-refractivity contribution in [2.45, 2.75) is 27.2 Å². The molecule has 96 valence electrons. The van der Waals surface area contributed by atoms with Crippen LogP contribution >= 0.6 is 11.6 Å². The minimum Gasteiger partial charge on any atom is -0.381 e. The lowest BCUT2D eigenvalue weighted by Crippen LogP contribution is -1.99. The fraction of sp³-hybridized carbons (Fsp3) is 0.357. The van der Waals surface area contributed by atoms with Gasteiger partial charge in [0.25, 0.3) is 0 Å². The van der Waals surface area contributed by atoms with Gasteiger partial charge in [-0.15, -0.1) is 0 Å². The first kappa shape index (κ1) is 13.0. The van der Waals surface area contributed by atoms with Gasteiger partial charge in [0.1, 0.15) is 0 Å². The van der Waals surface area contributed by atoms with Crippen LogP contribution < -0.4 is 5.73 Å². The molecule has 1 heterocycles. The molecule has 2 N–H and O–H groups in total. The van der Waals surface area contributed by atoms with Gasteiger partial charge >= 0.3 is 0 Å². The third-order valence-corrected chi connectivity index (χ3v) is 3.35. The minimum atomic E-state index is 0.470. The Bertz CT molecular complexity index is 561. The lowest BCUT2D eigenvalue weighted by atomic mass is 9.97. The topological polar surface area (TPSA) is 52.0 Å². The molecular formula is C14H17ClN2O. The SMILES string of the molecule is Cc1c(Cl)cccc1-c1onc(N)c1CC(C)C. The van der Waals surface area contributed by atoms with Crippen molar-refractivity contribution >= 4 is 17.4 Å². The number of rotatable bonds is 3. The smallest absolute Gasteiger partial charge is 0.172 e. The summed E-state index contributed by atoms with van der Waals surface area (Å²) in [5.41, 5.74) is 8.79. The quantitative estimate of drug-likeness (QED) is 0.909. The van der Waals surface area contributed by atoms with Gasteiger partial charge in [-0.3, -0.25) is 0 Å². The zero-order chi connectivity index (χ0) is 13.3. The van der Waals surface area contributed by atoms with Crippen molar-refractivity contribution in [3.8, 4) is 11.3 Å². The van der Waals surface area contributed by atoms with Crippen molar-refractivity contribution in [3.63, 3.8) is 0 Å². The van der Waals surface area contributed by atoms with Gasteiger partial charge in [0, 0.05) is 16.1 Å². The van der Waals surface area contributed by atoms with Crippen molar-refractivity contribution in [3.05, 3.63) is 34.3 Å². The summed E-state index contributed by atoms with van der Waals surface area (Å²) in [6.45, 7) is 6.25. The highest BCUT2D eigenvalue weighted by Gasteiger charge is 2.18. The number of nitrogen functional groups attached to an aromatic ring is 1. The lowest BCUT2D eigenvalue weighted by molar-refractivity contribution is 0.434. The van der Waals surface area contributed by atoms with Gasteiger partial charge in [-0.2, -0.15) is 0 Å². The van der Waals surface area contributed by atoms with Crippen LogP contribution in [0.15, 0.2) is 22.7 Å². The first-order chi connectivity index (χ1) is 8.50. The fourth-order valence-electron chi connectivity index (χ4n) is 1.99. The Labute approximate surface area is 112 Å². The summed E-state index contributed by atoms with van der Waals surface area (Å²) in [6.07, 6.45) is 0.844. The van der Waals surface area contributed by atoms with Gasteiger partial charge in [-0.05, 0) is 30.9 Å². The van der Waals surface area contributed by atoms with Gasteiger partial charge in [-0.25, -0.2) is 0 Å². The zero-order valence-electron chi connectivity index (χ0n) is 10.8. The van der Waals surface area contributed by atoms with E-state index >= 15 is 0 Å². The van der Waals surface area contributed by atoms with E-state index in [9.17, 15) is 0 Å². The highest BCUT2D eigenvalue weighted by atomic mass is 35.5. The van der Waals surface area contributed by atoms with E-state index < -0.39 is 0 Å². The fourth-order valence-corrected chi connectivity index (χ4v) is 2.17. The molecular weight excluding hydrogens is 248 g/mol. The van der Waals surface area contributed by atoms with Crippen LogP contribution in [-0.4, -0.2) is 5.16 Å². The molecule has 0 unspecified atom stereocenters. The Morgan fingerprint density at radius 1 is 1.39 bits per heavy atom. The Morgan fingerprint density at radius 2 is 2.11 bits per heavy atom. The highest BCUT2D eigenvalue weighted by molar-refractivity contribution is 6.31. The zero-order valence-corrected chi connectivity index (χ0v) is 11.6. The summed E-state index contributed by atoms with van der Waals surface area (Å²) >= 11 is 6.14. The maximum Gasteiger partial charge on any atom is 0.172 e. The molecule has 0 saturated carbocycles. The maximum atomic E-state index is 6.14. The number of hydrogen-bond acceptors (Lipinski definition) is 3. The van der Waals surface area contributed by atoms with Crippen LogP contribution in [0.25, 0.3) is 11.3 Å². The average molecular weight is 265 g/mol. The summed E-state index contributed by atoms with van der Waals surface area (Å²) in [5, 5.41) is 4.60. The number of nitrogens with two attached hydrogens (primary N) is 1. The molecule has 4 heteroatoms. The van der Waals surface area contributed by atoms with E-state index in [1.165, 1.54) is 0 Å². The number of aromatic nitrogens is 1. The minimum absolute atomic E-state index is 0.470. The number of nitrogens with zero attached hydrogens (tertiary/aromatic N) is 1. The molecule has 0 atom stereocenters. The third-order valence-electron chi connectivity index (χ3n) is 2.94. The Kier molecular flexibility index (Phi) is 3.62. The lowest BCUT2D eigenvalue weighted by Gasteiger charge is -2.08. The predicted molar refractivity (Wildman–Crippen MR) is 74.6 cm³/mol. The number of benzene rings is 1. The Balaban J connectivity index is 2.54. The van der Waals surface area contributed by atoms with Crippen molar-refractivity contribution in [2.24, 2.45) is 5.92 Å². The van der Waals surface area contributed by atoms with E-state index in [0.29, 0.717) is 11.7 Å². The molecule has 0 aliphatic carbocycles. The number of hydrogen-bond donors (Lipinski definition) is 1. The molecule has 2 rings (SSSR count). The predicted octanol–water partition coefficient (Wildman–Crippen LogP) is 4.08. The molecule has 0 bridgehead atoms. The van der Waals surface area contributed by atoms with E-state index in [0.717, 1.165) is 33.9 Å². The largest absolute Gasteiger partial charge is 0.381 e. The van der Waals surface area contributed by atoms with Crippen molar-refractivity contribution in [2.75, 3.05) is 5.73 Å². The van der Waals surface area contributed by atoms with Crippen molar-refractivity contribution in [1.29, 1.82) is 0 Å². The summed E-state index contributed by atoms with van der Waals surface area (Å²) in [5.74, 6) is 1.70. The first-order valence-electron chi connectivity index (χ1n) is 6.00. The third kappa shape index (κ3) is 2.36. The summed E-state index contributed by atoms with van der Waals surface area (Å²) < 4.78 is 5.38. The van der Waals surface area contributed by atoms with Gasteiger partial charge in [-0.1, -0.05) is 42.7 Å². The monoisotopic (exact) mass is 264 g/mol. The molecule has 0 spiro atoms. The van der Waals surface area contributed by atoms with Gasteiger partial charge in [0.15, 0.2) is 11.6 Å². The van der Waals surface area contributed by atoms with E-state index in [1.54, 1.807) is 0 Å².